The van der Waals surface area contributed by atoms with Crippen molar-refractivity contribution in [1.82, 2.24) is 0 Å². The Morgan fingerprint density at radius 3 is 1.29 bits per heavy atom. The van der Waals surface area contributed by atoms with Crippen molar-refractivity contribution in [2.24, 2.45) is 0 Å². The van der Waals surface area contributed by atoms with Crippen LogP contribution in [-0.4, -0.2) is 8.42 Å². The third kappa shape index (κ3) is 5.55. The number of ether oxygens (including phenoxy) is 2. The lowest BCUT2D eigenvalue weighted by molar-refractivity contribution is 0.481. The van der Waals surface area contributed by atoms with Crippen molar-refractivity contribution in [3.8, 4) is 47.7 Å². The van der Waals surface area contributed by atoms with Crippen molar-refractivity contribution in [3.05, 3.63) is 107 Å². The van der Waals surface area contributed by atoms with Crippen molar-refractivity contribution in [1.29, 1.82) is 0 Å². The minimum Gasteiger partial charge on any atom is -0.457 e. The van der Waals surface area contributed by atoms with Crippen LogP contribution in [0, 0.1) is 38.5 Å². The van der Waals surface area contributed by atoms with Gasteiger partial charge < -0.3 is 9.47 Å². The van der Waals surface area contributed by atoms with E-state index in [1.54, 1.807) is 36.4 Å². The highest BCUT2D eigenvalue weighted by atomic mass is 32.2. The molecule has 0 atom stereocenters. The van der Waals surface area contributed by atoms with Gasteiger partial charge in [-0.1, -0.05) is 11.8 Å². The van der Waals surface area contributed by atoms with Crippen molar-refractivity contribution < 1.29 is 17.9 Å². The summed E-state index contributed by atoms with van der Waals surface area (Å²) in [5, 5.41) is 0. The maximum atomic E-state index is 13.1. The zero-order chi connectivity index (χ0) is 25.0. The Labute approximate surface area is 206 Å². The minimum atomic E-state index is -3.72. The second-order valence-corrected chi connectivity index (χ2v) is 9.96. The molecular formula is C30H22O4S. The van der Waals surface area contributed by atoms with Gasteiger partial charge in [-0.2, -0.15) is 0 Å². The standard InChI is InChI=1S/C30H22O4S/c1-5-23-15-21(3)17-27(19-23)33-25-7-11-29(12-8-25)35(31,32)30-13-9-26(10-14-30)34-28-18-22(4)16-24(6-2)20-28/h1-2,7-20H,3-4H3. The van der Waals surface area contributed by atoms with E-state index in [9.17, 15) is 8.42 Å². The molecule has 0 N–H and O–H groups in total. The average Bonchev–Trinajstić information content (AvgIpc) is 2.84. The Hall–Kier alpha value is -4.45. The molecule has 0 aliphatic heterocycles. The number of aryl methyl sites for hydroxylation is 2. The molecule has 0 heterocycles. The van der Waals surface area contributed by atoms with E-state index in [1.807, 2.05) is 38.1 Å². The molecule has 5 heteroatoms. The van der Waals surface area contributed by atoms with Gasteiger partial charge in [-0.05, 0) is 110 Å². The molecular weight excluding hydrogens is 456 g/mol. The SMILES string of the molecule is C#Cc1cc(C)cc(Oc2ccc(S(=O)(=O)c3ccc(Oc4cc(C)cc(C#C)c4)cc3)cc2)c1. The van der Waals surface area contributed by atoms with Gasteiger partial charge in [-0.15, -0.1) is 12.8 Å². The largest absolute Gasteiger partial charge is 0.457 e. The molecule has 0 saturated carbocycles. The summed E-state index contributed by atoms with van der Waals surface area (Å²) < 4.78 is 37.9. The number of hydrogen-bond donors (Lipinski definition) is 0. The maximum Gasteiger partial charge on any atom is 0.206 e. The summed E-state index contributed by atoms with van der Waals surface area (Å²) in [5.74, 6) is 7.37. The summed E-state index contributed by atoms with van der Waals surface area (Å²) in [7, 11) is -3.72. The number of benzene rings is 4. The van der Waals surface area contributed by atoms with E-state index in [0.29, 0.717) is 34.1 Å². The van der Waals surface area contributed by atoms with Gasteiger partial charge in [0.1, 0.15) is 23.0 Å². The Morgan fingerprint density at radius 2 is 0.943 bits per heavy atom. The first-order chi connectivity index (χ1) is 16.8. The van der Waals surface area contributed by atoms with E-state index in [0.717, 1.165) is 11.1 Å². The summed E-state index contributed by atoms with van der Waals surface area (Å²) in [4.78, 5) is 0.314. The number of terminal acetylenes is 2. The summed E-state index contributed by atoms with van der Waals surface area (Å²) in [6.07, 6.45) is 11.0. The lowest BCUT2D eigenvalue weighted by atomic mass is 10.1. The second-order valence-electron chi connectivity index (χ2n) is 8.01. The Bertz CT molecular complexity index is 1450. The summed E-state index contributed by atoms with van der Waals surface area (Å²) in [5.41, 5.74) is 3.37. The molecule has 0 radical (unpaired) electrons. The van der Waals surface area contributed by atoms with E-state index < -0.39 is 9.84 Å². The Morgan fingerprint density at radius 1 is 0.571 bits per heavy atom. The average molecular weight is 479 g/mol. The molecule has 172 valence electrons. The highest BCUT2D eigenvalue weighted by molar-refractivity contribution is 7.91. The zero-order valence-corrected chi connectivity index (χ0v) is 20.1. The lowest BCUT2D eigenvalue weighted by Gasteiger charge is -2.10. The highest BCUT2D eigenvalue weighted by Gasteiger charge is 2.18. The fourth-order valence-corrected chi connectivity index (χ4v) is 4.82. The molecule has 4 rings (SSSR count). The maximum absolute atomic E-state index is 13.1. The monoisotopic (exact) mass is 478 g/mol. The third-order valence-electron chi connectivity index (χ3n) is 5.17. The van der Waals surface area contributed by atoms with Crippen LogP contribution in [0.4, 0.5) is 0 Å². The first-order valence-electron chi connectivity index (χ1n) is 10.7. The quantitative estimate of drug-likeness (QED) is 0.290. The molecule has 4 aromatic rings. The van der Waals surface area contributed by atoms with Crippen molar-refractivity contribution in [3.63, 3.8) is 0 Å². The molecule has 0 unspecified atom stereocenters. The molecule has 0 bridgehead atoms. The van der Waals surface area contributed by atoms with Crippen molar-refractivity contribution in [2.45, 2.75) is 23.6 Å². The third-order valence-corrected chi connectivity index (χ3v) is 6.96. The molecule has 0 aliphatic rings. The van der Waals surface area contributed by atoms with Gasteiger partial charge in [0, 0.05) is 11.1 Å². The van der Waals surface area contributed by atoms with Gasteiger partial charge in [-0.3, -0.25) is 0 Å². The normalized spacial score (nSPS) is 10.7. The first kappa shape index (κ1) is 23.7. The molecule has 4 nitrogen and oxygen atoms in total. The lowest BCUT2D eigenvalue weighted by Crippen LogP contribution is -2.02. The van der Waals surface area contributed by atoms with Crippen molar-refractivity contribution >= 4 is 9.84 Å². The summed E-state index contributed by atoms with van der Waals surface area (Å²) in [6, 6.07) is 23.5. The Balaban J connectivity index is 1.50. The van der Waals surface area contributed by atoms with Gasteiger partial charge >= 0.3 is 0 Å². The van der Waals surface area contributed by atoms with Crippen LogP contribution in [0.15, 0.2) is 94.7 Å². The van der Waals surface area contributed by atoms with Crippen molar-refractivity contribution in [2.75, 3.05) is 0 Å². The minimum absolute atomic E-state index is 0.157. The van der Waals surface area contributed by atoms with Crippen LogP contribution in [-0.2, 0) is 9.84 Å². The van der Waals surface area contributed by atoms with Crippen LogP contribution in [0.1, 0.15) is 22.3 Å². The molecule has 0 amide bonds. The van der Waals surface area contributed by atoms with Crippen LogP contribution < -0.4 is 9.47 Å². The molecule has 0 saturated heterocycles. The zero-order valence-electron chi connectivity index (χ0n) is 19.3. The van der Waals surface area contributed by atoms with Crippen LogP contribution >= 0.6 is 0 Å². The second kappa shape index (κ2) is 9.81. The summed E-state index contributed by atoms with van der Waals surface area (Å²) >= 11 is 0. The predicted octanol–water partition coefficient (Wildman–Crippen LogP) is 6.68. The molecule has 0 spiro atoms. The van der Waals surface area contributed by atoms with E-state index >= 15 is 0 Å². The van der Waals surface area contributed by atoms with Gasteiger partial charge in [-0.25, -0.2) is 8.42 Å². The Kier molecular flexibility index (Phi) is 6.64. The van der Waals surface area contributed by atoms with Crippen LogP contribution in [0.3, 0.4) is 0 Å². The van der Waals surface area contributed by atoms with E-state index in [1.165, 1.54) is 24.3 Å². The van der Waals surface area contributed by atoms with E-state index in [2.05, 4.69) is 11.8 Å². The van der Waals surface area contributed by atoms with Gasteiger partial charge in [0.05, 0.1) is 9.79 Å². The van der Waals surface area contributed by atoms with E-state index in [4.69, 9.17) is 22.3 Å². The van der Waals surface area contributed by atoms with E-state index in [-0.39, 0.29) is 9.79 Å². The van der Waals surface area contributed by atoms with Gasteiger partial charge in [0.2, 0.25) is 9.84 Å². The number of rotatable bonds is 6. The highest BCUT2D eigenvalue weighted by Crippen LogP contribution is 2.29. The van der Waals surface area contributed by atoms with Crippen LogP contribution in [0.25, 0.3) is 0 Å². The molecule has 35 heavy (non-hydrogen) atoms. The number of hydrogen-bond acceptors (Lipinski definition) is 4. The molecule has 0 aliphatic carbocycles. The fourth-order valence-electron chi connectivity index (χ4n) is 3.56. The molecule has 4 aromatic carbocycles. The summed E-state index contributed by atoms with van der Waals surface area (Å²) in [6.45, 7) is 3.85. The predicted molar refractivity (Wildman–Crippen MR) is 137 cm³/mol. The van der Waals surface area contributed by atoms with Crippen LogP contribution in [0.2, 0.25) is 0 Å². The topological polar surface area (TPSA) is 52.6 Å². The molecule has 0 fully saturated rings. The number of sulfone groups is 1. The van der Waals surface area contributed by atoms with Gasteiger partial charge in [0.25, 0.3) is 0 Å². The smallest absolute Gasteiger partial charge is 0.206 e. The molecule has 0 aromatic heterocycles. The van der Waals surface area contributed by atoms with Crippen LogP contribution in [0.5, 0.6) is 23.0 Å². The fraction of sp³-hybridized carbons (Fsp3) is 0.0667. The van der Waals surface area contributed by atoms with Gasteiger partial charge in [0.15, 0.2) is 0 Å². The first-order valence-corrected chi connectivity index (χ1v) is 12.2.